The molecular weight excluding hydrogens is 636 g/mol. The number of hydrogen-bond acceptors (Lipinski definition) is 5. The van der Waals surface area contributed by atoms with Crippen molar-refractivity contribution in [1.82, 2.24) is 19.6 Å². The molecule has 0 radical (unpaired) electrons. The summed E-state index contributed by atoms with van der Waals surface area (Å²) in [4.78, 5) is 41.3. The fraction of sp³-hybridized carbons (Fsp3) is 0.171. The Morgan fingerprint density at radius 3 is 1.82 bits per heavy atom. The van der Waals surface area contributed by atoms with Gasteiger partial charge in [0.05, 0.1) is 40.1 Å². The average Bonchev–Trinajstić information content (AvgIpc) is 3.71. The lowest BCUT2D eigenvalue weighted by Crippen LogP contribution is -2.25. The van der Waals surface area contributed by atoms with E-state index in [-0.39, 0.29) is 17.2 Å². The van der Waals surface area contributed by atoms with Crippen molar-refractivity contribution in [3.8, 4) is 22.7 Å². The molecular formula is C35H31BrN4O5. The fourth-order valence-corrected chi connectivity index (χ4v) is 5.94. The monoisotopic (exact) mass is 666 g/mol. The number of carbonyl (C=O) groups excluding carboxylic acids is 1. The Bertz CT molecular complexity index is 2020. The van der Waals surface area contributed by atoms with E-state index in [1.54, 1.807) is 52.0 Å². The smallest absolute Gasteiger partial charge is 0.339 e. The Balaban J connectivity index is 1.56. The van der Waals surface area contributed by atoms with Crippen LogP contribution in [0.15, 0.2) is 109 Å². The van der Waals surface area contributed by atoms with Crippen molar-refractivity contribution >= 4 is 21.9 Å². The molecule has 6 rings (SSSR count). The van der Waals surface area contributed by atoms with Gasteiger partial charge in [-0.15, -0.1) is 0 Å². The van der Waals surface area contributed by atoms with Gasteiger partial charge in [0.2, 0.25) is 0 Å². The molecule has 9 nitrogen and oxygen atoms in total. The lowest BCUT2D eigenvalue weighted by atomic mass is 9.89. The summed E-state index contributed by atoms with van der Waals surface area (Å²) in [5.41, 5.74) is 3.46. The largest absolute Gasteiger partial charge is 0.460 e. The molecule has 6 aromatic rings. The van der Waals surface area contributed by atoms with Gasteiger partial charge >= 0.3 is 5.97 Å². The maximum absolute atomic E-state index is 14.1. The number of rotatable bonds is 8. The van der Waals surface area contributed by atoms with Crippen molar-refractivity contribution in [2.24, 2.45) is 0 Å². The van der Waals surface area contributed by atoms with Crippen molar-refractivity contribution in [2.75, 3.05) is 0 Å². The predicted octanol–water partition coefficient (Wildman–Crippen LogP) is 7.03. The van der Waals surface area contributed by atoms with Gasteiger partial charge in [0, 0.05) is 21.4 Å². The number of nitrogens with one attached hydrogen (secondary N) is 2. The molecule has 0 aliphatic carbocycles. The summed E-state index contributed by atoms with van der Waals surface area (Å²) in [5.74, 6) is -0.598. The topological polar surface area (TPSA) is 115 Å². The van der Waals surface area contributed by atoms with E-state index in [0.717, 1.165) is 0 Å². The number of H-pyrrole nitrogens is 2. The Morgan fingerprint density at radius 2 is 1.31 bits per heavy atom. The first-order valence-corrected chi connectivity index (χ1v) is 15.3. The number of hydrogen-bond donors (Lipinski definition) is 2. The van der Waals surface area contributed by atoms with Gasteiger partial charge in [0.25, 0.3) is 11.1 Å². The molecule has 3 aromatic heterocycles. The first-order valence-electron chi connectivity index (χ1n) is 14.5. The van der Waals surface area contributed by atoms with Crippen molar-refractivity contribution in [2.45, 2.75) is 39.7 Å². The summed E-state index contributed by atoms with van der Waals surface area (Å²) < 4.78 is 15.6. The summed E-state index contributed by atoms with van der Waals surface area (Å²) in [6.45, 7) is 7.18. The number of nitrogens with zero attached hydrogens (tertiary/aromatic N) is 2. The van der Waals surface area contributed by atoms with Gasteiger partial charge in [-0.1, -0.05) is 52.3 Å². The van der Waals surface area contributed by atoms with Gasteiger partial charge in [0.15, 0.2) is 0 Å². The van der Waals surface area contributed by atoms with E-state index < -0.39 is 11.9 Å². The number of aryl methyl sites for hydroxylation is 2. The van der Waals surface area contributed by atoms with Crippen molar-refractivity contribution in [1.29, 1.82) is 0 Å². The molecule has 228 valence electrons. The van der Waals surface area contributed by atoms with Gasteiger partial charge in [-0.3, -0.25) is 19.8 Å². The maximum Gasteiger partial charge on any atom is 0.339 e. The van der Waals surface area contributed by atoms with E-state index in [1.165, 1.54) is 9.36 Å². The summed E-state index contributed by atoms with van der Waals surface area (Å²) in [6.07, 6.45) is -0.312. The van der Waals surface area contributed by atoms with E-state index in [4.69, 9.17) is 9.15 Å². The van der Waals surface area contributed by atoms with Crippen LogP contribution in [0.25, 0.3) is 22.7 Å². The zero-order chi connectivity index (χ0) is 31.8. The van der Waals surface area contributed by atoms with Crippen LogP contribution in [0.5, 0.6) is 0 Å². The molecule has 3 heterocycles. The van der Waals surface area contributed by atoms with E-state index in [2.05, 4.69) is 26.1 Å². The number of aromatic amines is 2. The van der Waals surface area contributed by atoms with Crippen LogP contribution >= 0.6 is 15.9 Å². The maximum atomic E-state index is 14.1. The number of ether oxygens (including phenoxy) is 1. The van der Waals surface area contributed by atoms with E-state index >= 15 is 0 Å². The van der Waals surface area contributed by atoms with Crippen LogP contribution in [-0.2, 0) is 4.74 Å². The molecule has 0 bridgehead atoms. The van der Waals surface area contributed by atoms with Crippen LogP contribution in [0.3, 0.4) is 0 Å². The molecule has 0 amide bonds. The summed E-state index contributed by atoms with van der Waals surface area (Å²) in [6, 6.07) is 27.2. The highest BCUT2D eigenvalue weighted by atomic mass is 79.9. The number of carbonyl (C=O) groups is 1. The zero-order valence-electron chi connectivity index (χ0n) is 25.1. The Labute approximate surface area is 267 Å². The second-order valence-electron chi connectivity index (χ2n) is 11.0. The minimum Gasteiger partial charge on any atom is -0.460 e. The third kappa shape index (κ3) is 5.64. The summed E-state index contributed by atoms with van der Waals surface area (Å²) in [5, 5.41) is 6.38. The molecule has 3 aromatic carbocycles. The highest BCUT2D eigenvalue weighted by molar-refractivity contribution is 9.10. The highest BCUT2D eigenvalue weighted by Crippen LogP contribution is 2.37. The Morgan fingerprint density at radius 1 is 0.778 bits per heavy atom. The molecule has 45 heavy (non-hydrogen) atoms. The molecule has 0 aliphatic rings. The Hall–Kier alpha value is -5.09. The van der Waals surface area contributed by atoms with Crippen LogP contribution < -0.4 is 11.1 Å². The van der Waals surface area contributed by atoms with Gasteiger partial charge in [0.1, 0.15) is 11.5 Å². The number of halogens is 1. The second-order valence-corrected chi connectivity index (χ2v) is 11.9. The number of para-hydroxylation sites is 2. The van der Waals surface area contributed by atoms with Crippen LogP contribution in [0.2, 0.25) is 0 Å². The van der Waals surface area contributed by atoms with Gasteiger partial charge in [-0.2, -0.15) is 0 Å². The van der Waals surface area contributed by atoms with Crippen molar-refractivity contribution < 1.29 is 13.9 Å². The van der Waals surface area contributed by atoms with Crippen LogP contribution in [0, 0.1) is 13.8 Å². The van der Waals surface area contributed by atoms with E-state index in [1.807, 2.05) is 66.7 Å². The molecule has 0 atom stereocenters. The first kappa shape index (κ1) is 30.0. The number of aromatic nitrogens is 4. The molecule has 0 unspecified atom stereocenters. The highest BCUT2D eigenvalue weighted by Gasteiger charge is 2.33. The first-order chi connectivity index (χ1) is 21.6. The number of esters is 1. The molecule has 10 heteroatoms. The van der Waals surface area contributed by atoms with Crippen molar-refractivity contribution in [3.05, 3.63) is 150 Å². The minimum absolute atomic E-state index is 0.308. The van der Waals surface area contributed by atoms with Gasteiger partial charge < -0.3 is 9.15 Å². The Kier molecular flexibility index (Phi) is 8.07. The van der Waals surface area contributed by atoms with Gasteiger partial charge in [-0.25, -0.2) is 14.2 Å². The number of furan rings is 1. The lowest BCUT2D eigenvalue weighted by molar-refractivity contribution is 0.0378. The fourth-order valence-electron chi connectivity index (χ4n) is 5.58. The predicted molar refractivity (Wildman–Crippen MR) is 176 cm³/mol. The summed E-state index contributed by atoms with van der Waals surface area (Å²) >= 11 is 3.45. The molecule has 0 saturated carbocycles. The molecule has 0 fully saturated rings. The summed E-state index contributed by atoms with van der Waals surface area (Å²) in [7, 11) is 0. The van der Waals surface area contributed by atoms with Crippen LogP contribution in [0.1, 0.15) is 58.4 Å². The number of benzene rings is 3. The van der Waals surface area contributed by atoms with Gasteiger partial charge in [-0.05, 0) is 82.3 Å². The second kappa shape index (κ2) is 12.1. The molecule has 0 saturated heterocycles. The molecule has 0 spiro atoms. The SMILES string of the molecule is Cc1[nH]n(-c2ccccc2)c(=O)c1C(c1ccc(-c2ccc(Br)cc2C(=O)OC(C)C)o1)c1c(C)[nH]n(-c2ccccc2)c1=O. The van der Waals surface area contributed by atoms with Crippen LogP contribution in [0.4, 0.5) is 0 Å². The lowest BCUT2D eigenvalue weighted by Gasteiger charge is -2.14. The molecule has 0 aliphatic heterocycles. The third-order valence-electron chi connectivity index (χ3n) is 7.56. The quantitative estimate of drug-likeness (QED) is 0.169. The van der Waals surface area contributed by atoms with Crippen LogP contribution in [-0.4, -0.2) is 31.6 Å². The normalized spacial score (nSPS) is 11.4. The zero-order valence-corrected chi connectivity index (χ0v) is 26.7. The van der Waals surface area contributed by atoms with E-state index in [0.29, 0.717) is 61.0 Å². The molecule has 2 N–H and O–H groups in total. The third-order valence-corrected chi connectivity index (χ3v) is 8.05. The van der Waals surface area contributed by atoms with E-state index in [9.17, 15) is 14.4 Å². The average molecular weight is 668 g/mol. The minimum atomic E-state index is -0.873. The standard InChI is InChI=1S/C35H31BrN4O5/c1-20(2)44-35(43)27-19-23(36)15-16-26(27)28-17-18-29(45-28)32(30-21(3)37-39(33(30)41)24-11-7-5-8-12-24)31-22(4)38-40(34(31)42)25-13-9-6-10-14-25/h5-20,32,37-38H,1-4H3. The van der Waals surface area contributed by atoms with Crippen molar-refractivity contribution in [3.63, 3.8) is 0 Å².